The van der Waals surface area contributed by atoms with Crippen molar-refractivity contribution in [2.45, 2.75) is 17.5 Å². The number of methoxy groups -OCH3 is 1. The van der Waals surface area contributed by atoms with Crippen molar-refractivity contribution in [2.75, 3.05) is 13.7 Å². The van der Waals surface area contributed by atoms with Gasteiger partial charge in [0.15, 0.2) is 10.9 Å². The first kappa shape index (κ1) is 19.8. The van der Waals surface area contributed by atoms with Crippen LogP contribution in [-0.2, 0) is 19.3 Å². The average Bonchev–Trinajstić information content (AvgIpc) is 3.35. The number of hydrogen-bond donors (Lipinski definition) is 0. The molecule has 0 aliphatic carbocycles. The van der Waals surface area contributed by atoms with Crippen molar-refractivity contribution in [3.63, 3.8) is 0 Å². The minimum atomic E-state index is -0.163. The van der Waals surface area contributed by atoms with Crippen LogP contribution in [0.25, 0.3) is 0 Å². The van der Waals surface area contributed by atoms with Crippen LogP contribution in [0.1, 0.15) is 21.9 Å². The van der Waals surface area contributed by atoms with Crippen molar-refractivity contribution in [3.05, 3.63) is 78.5 Å². The number of imidazole rings is 1. The summed E-state index contributed by atoms with van der Waals surface area (Å²) in [6.45, 7) is 4.66. The van der Waals surface area contributed by atoms with Crippen LogP contribution in [0.5, 0.6) is 5.75 Å². The number of aromatic nitrogens is 2. The largest absolute Gasteiger partial charge is 0.497 e. The van der Waals surface area contributed by atoms with E-state index in [1.807, 2.05) is 48.1 Å². The van der Waals surface area contributed by atoms with Gasteiger partial charge >= 0.3 is 0 Å². The van der Waals surface area contributed by atoms with Crippen molar-refractivity contribution < 1.29 is 13.9 Å². The molecule has 6 nitrogen and oxygen atoms in total. The lowest BCUT2D eigenvalue weighted by Gasteiger charge is -2.20. The van der Waals surface area contributed by atoms with Crippen LogP contribution in [0.15, 0.2) is 71.0 Å². The van der Waals surface area contributed by atoms with Crippen LogP contribution >= 0.6 is 11.8 Å². The van der Waals surface area contributed by atoms with Crippen LogP contribution < -0.4 is 4.74 Å². The van der Waals surface area contributed by atoms with Crippen molar-refractivity contribution in [2.24, 2.45) is 7.05 Å². The summed E-state index contributed by atoms with van der Waals surface area (Å²) in [7, 11) is 3.57. The van der Waals surface area contributed by atoms with Gasteiger partial charge in [-0.3, -0.25) is 4.79 Å². The molecule has 0 saturated carbocycles. The number of carbonyl (C=O) groups excluding carboxylic acids is 1. The van der Waals surface area contributed by atoms with Gasteiger partial charge in [0.25, 0.3) is 5.91 Å². The van der Waals surface area contributed by atoms with Crippen molar-refractivity contribution >= 4 is 17.7 Å². The van der Waals surface area contributed by atoms with Gasteiger partial charge in [0, 0.05) is 32.5 Å². The number of benzene rings is 1. The first-order chi connectivity index (χ1) is 13.6. The molecule has 1 aromatic carbocycles. The summed E-state index contributed by atoms with van der Waals surface area (Å²) in [4.78, 5) is 18.9. The lowest BCUT2D eigenvalue weighted by Crippen LogP contribution is -2.30. The molecule has 3 rings (SSSR count). The molecule has 0 aliphatic heterocycles. The maximum absolute atomic E-state index is 12.9. The summed E-state index contributed by atoms with van der Waals surface area (Å²) >= 11 is 1.56. The Hall–Kier alpha value is -2.93. The summed E-state index contributed by atoms with van der Waals surface area (Å²) < 4.78 is 12.9. The van der Waals surface area contributed by atoms with E-state index in [0.29, 0.717) is 24.6 Å². The minimum absolute atomic E-state index is 0.163. The van der Waals surface area contributed by atoms with E-state index in [9.17, 15) is 4.79 Å². The lowest BCUT2D eigenvalue weighted by molar-refractivity contribution is 0.0729. The van der Waals surface area contributed by atoms with E-state index in [-0.39, 0.29) is 5.91 Å². The predicted octanol–water partition coefficient (Wildman–Crippen LogP) is 4.14. The maximum Gasteiger partial charge on any atom is 0.290 e. The van der Waals surface area contributed by atoms with E-state index in [2.05, 4.69) is 11.6 Å². The molecule has 1 amide bonds. The number of rotatable bonds is 9. The van der Waals surface area contributed by atoms with Crippen molar-refractivity contribution in [3.8, 4) is 5.75 Å². The van der Waals surface area contributed by atoms with Gasteiger partial charge in [0.05, 0.1) is 12.9 Å². The average molecular weight is 398 g/mol. The van der Waals surface area contributed by atoms with Crippen molar-refractivity contribution in [1.82, 2.24) is 14.5 Å². The Kier molecular flexibility index (Phi) is 6.60. The Morgan fingerprint density at radius 1 is 1.32 bits per heavy atom. The molecule has 0 unspecified atom stereocenters. The Balaban J connectivity index is 1.66. The molecule has 3 aromatic rings. The Bertz CT molecular complexity index is 931. The van der Waals surface area contributed by atoms with Crippen LogP contribution in [0, 0.1) is 0 Å². The molecule has 0 N–H and O–H groups in total. The molecule has 0 radical (unpaired) electrons. The normalized spacial score (nSPS) is 10.6. The first-order valence-electron chi connectivity index (χ1n) is 8.82. The van der Waals surface area contributed by atoms with Gasteiger partial charge in [-0.25, -0.2) is 4.98 Å². The van der Waals surface area contributed by atoms with Gasteiger partial charge in [0.2, 0.25) is 0 Å². The topological polar surface area (TPSA) is 60.5 Å². The van der Waals surface area contributed by atoms with Gasteiger partial charge in [-0.05, 0) is 29.8 Å². The summed E-state index contributed by atoms with van der Waals surface area (Å²) in [6.07, 6.45) is 5.36. The van der Waals surface area contributed by atoms with E-state index >= 15 is 0 Å². The molecule has 0 spiro atoms. The second-order valence-corrected chi connectivity index (χ2v) is 7.14. The highest BCUT2D eigenvalue weighted by Gasteiger charge is 2.19. The second-order valence-electron chi connectivity index (χ2n) is 6.20. The first-order valence-corrected chi connectivity index (χ1v) is 9.81. The maximum atomic E-state index is 12.9. The molecule has 0 atom stereocenters. The molecule has 28 heavy (non-hydrogen) atoms. The third kappa shape index (κ3) is 4.86. The highest BCUT2D eigenvalue weighted by atomic mass is 32.2. The molecule has 0 aliphatic rings. The number of hydrogen-bond acceptors (Lipinski definition) is 5. The van der Waals surface area contributed by atoms with E-state index in [1.54, 1.807) is 42.1 Å². The van der Waals surface area contributed by atoms with Crippen LogP contribution in [0.2, 0.25) is 0 Å². The van der Waals surface area contributed by atoms with E-state index < -0.39 is 0 Å². The van der Waals surface area contributed by atoms with E-state index in [4.69, 9.17) is 9.15 Å². The van der Waals surface area contributed by atoms with E-state index in [0.717, 1.165) is 22.2 Å². The Labute approximate surface area is 168 Å². The molecular weight excluding hydrogens is 374 g/mol. The molecular formula is C21H23N3O3S. The van der Waals surface area contributed by atoms with Gasteiger partial charge in [-0.15, -0.1) is 6.58 Å². The highest BCUT2D eigenvalue weighted by molar-refractivity contribution is 7.98. The molecule has 2 aromatic heterocycles. The number of nitrogens with zero attached hydrogens (tertiary/aromatic N) is 3. The Morgan fingerprint density at radius 3 is 2.75 bits per heavy atom. The molecule has 7 heteroatoms. The smallest absolute Gasteiger partial charge is 0.290 e. The Morgan fingerprint density at radius 2 is 2.11 bits per heavy atom. The zero-order valence-electron chi connectivity index (χ0n) is 16.0. The summed E-state index contributed by atoms with van der Waals surface area (Å²) in [5, 5.41) is 0.900. The molecule has 0 fully saturated rings. The third-order valence-corrected chi connectivity index (χ3v) is 5.24. The summed E-state index contributed by atoms with van der Waals surface area (Å²) in [5.74, 6) is 2.29. The highest BCUT2D eigenvalue weighted by Crippen LogP contribution is 2.23. The van der Waals surface area contributed by atoms with Gasteiger partial charge in [0.1, 0.15) is 11.5 Å². The van der Waals surface area contributed by atoms with Crippen LogP contribution in [0.4, 0.5) is 0 Å². The fraction of sp³-hybridized carbons (Fsp3) is 0.238. The van der Waals surface area contributed by atoms with Crippen LogP contribution in [0.3, 0.4) is 0 Å². The molecule has 2 heterocycles. The SMILES string of the molecule is C=CCN(Cc1ccc(OC)cc1)C(=O)c1ccc(CSc2nccn2C)o1. The number of furan rings is 1. The monoisotopic (exact) mass is 397 g/mol. The lowest BCUT2D eigenvalue weighted by atomic mass is 10.2. The minimum Gasteiger partial charge on any atom is -0.497 e. The summed E-state index contributed by atoms with van der Waals surface area (Å²) in [5.41, 5.74) is 1.01. The van der Waals surface area contributed by atoms with E-state index in [1.165, 1.54) is 0 Å². The number of aryl methyl sites for hydroxylation is 1. The van der Waals surface area contributed by atoms with Gasteiger partial charge < -0.3 is 18.6 Å². The summed E-state index contributed by atoms with van der Waals surface area (Å²) in [6, 6.07) is 11.2. The predicted molar refractivity (Wildman–Crippen MR) is 109 cm³/mol. The van der Waals surface area contributed by atoms with Gasteiger partial charge in [-0.2, -0.15) is 0 Å². The number of amides is 1. The zero-order chi connectivity index (χ0) is 19.9. The van der Waals surface area contributed by atoms with Gasteiger partial charge in [-0.1, -0.05) is 30.0 Å². The quantitative estimate of drug-likeness (QED) is 0.401. The fourth-order valence-corrected chi connectivity index (χ4v) is 3.51. The number of carbonyl (C=O) groups is 1. The number of thioether (sulfide) groups is 1. The molecule has 0 saturated heterocycles. The standard InChI is InChI=1S/C21H23N3O3S/c1-4-12-24(14-16-5-7-17(26-3)8-6-16)20(25)19-10-9-18(27-19)15-28-21-22-11-13-23(21)2/h4-11,13H,1,12,14-15H2,2-3H3. The number of ether oxygens (including phenoxy) is 1. The fourth-order valence-electron chi connectivity index (χ4n) is 2.68. The zero-order valence-corrected chi connectivity index (χ0v) is 16.8. The van der Waals surface area contributed by atoms with Crippen LogP contribution in [-0.4, -0.2) is 34.0 Å². The second kappa shape index (κ2) is 9.32. The van der Waals surface area contributed by atoms with Crippen molar-refractivity contribution in [1.29, 1.82) is 0 Å². The molecule has 146 valence electrons. The molecule has 0 bridgehead atoms. The third-order valence-electron chi connectivity index (χ3n) is 4.16.